The van der Waals surface area contributed by atoms with Crippen LogP contribution in [-0.4, -0.2) is 45.5 Å². The minimum Gasteiger partial charge on any atom is -0.337 e. The SMILES string of the molecule is Cn1ccnc1CN1CCN(Cc2ccc(Cl)s2)CC1. The molecule has 0 unspecified atom stereocenters. The third-order valence-corrected chi connectivity index (χ3v) is 4.98. The van der Waals surface area contributed by atoms with Crippen LogP contribution in [-0.2, 0) is 20.1 Å². The molecule has 0 aliphatic carbocycles. The maximum atomic E-state index is 5.98. The van der Waals surface area contributed by atoms with Crippen LogP contribution in [0.4, 0.5) is 0 Å². The van der Waals surface area contributed by atoms with Crippen molar-refractivity contribution in [2.45, 2.75) is 13.1 Å². The predicted octanol–water partition coefficient (Wildman–Crippen LogP) is 2.45. The van der Waals surface area contributed by atoms with Gasteiger partial charge in [0.2, 0.25) is 0 Å². The van der Waals surface area contributed by atoms with E-state index in [0.29, 0.717) is 0 Å². The molecule has 2 aromatic heterocycles. The molecule has 108 valence electrons. The number of hydrogen-bond acceptors (Lipinski definition) is 4. The Bertz CT molecular complexity index is 557. The zero-order valence-electron chi connectivity index (χ0n) is 11.6. The number of aromatic nitrogens is 2. The number of imidazole rings is 1. The molecule has 1 saturated heterocycles. The van der Waals surface area contributed by atoms with Crippen molar-refractivity contribution in [1.82, 2.24) is 19.4 Å². The summed E-state index contributed by atoms with van der Waals surface area (Å²) >= 11 is 7.66. The molecule has 0 amide bonds. The van der Waals surface area contributed by atoms with Crippen molar-refractivity contribution in [1.29, 1.82) is 0 Å². The van der Waals surface area contributed by atoms with Crippen molar-refractivity contribution >= 4 is 22.9 Å². The molecule has 0 spiro atoms. The lowest BCUT2D eigenvalue weighted by Crippen LogP contribution is -2.45. The van der Waals surface area contributed by atoms with Gasteiger partial charge in [0.15, 0.2) is 0 Å². The van der Waals surface area contributed by atoms with Gasteiger partial charge < -0.3 is 4.57 Å². The summed E-state index contributed by atoms with van der Waals surface area (Å²) in [6.45, 7) is 6.40. The molecular formula is C14H19ClN4S. The lowest BCUT2D eigenvalue weighted by Gasteiger charge is -2.34. The number of thiophene rings is 1. The molecule has 1 aliphatic heterocycles. The first-order valence-electron chi connectivity index (χ1n) is 6.86. The van der Waals surface area contributed by atoms with Gasteiger partial charge in [-0.25, -0.2) is 4.98 Å². The highest BCUT2D eigenvalue weighted by molar-refractivity contribution is 7.16. The monoisotopic (exact) mass is 310 g/mol. The number of piperazine rings is 1. The average molecular weight is 311 g/mol. The van der Waals surface area contributed by atoms with Crippen molar-refractivity contribution in [3.63, 3.8) is 0 Å². The molecule has 1 fully saturated rings. The summed E-state index contributed by atoms with van der Waals surface area (Å²) in [7, 11) is 2.05. The molecular weight excluding hydrogens is 292 g/mol. The van der Waals surface area contributed by atoms with Crippen LogP contribution in [0.5, 0.6) is 0 Å². The van der Waals surface area contributed by atoms with Crippen molar-refractivity contribution in [3.05, 3.63) is 39.6 Å². The van der Waals surface area contributed by atoms with E-state index in [1.807, 2.05) is 18.5 Å². The van der Waals surface area contributed by atoms with E-state index in [9.17, 15) is 0 Å². The lowest BCUT2D eigenvalue weighted by atomic mass is 10.3. The molecule has 20 heavy (non-hydrogen) atoms. The van der Waals surface area contributed by atoms with E-state index in [0.717, 1.165) is 49.4 Å². The molecule has 3 heterocycles. The van der Waals surface area contributed by atoms with Crippen LogP contribution in [0.25, 0.3) is 0 Å². The number of aryl methyl sites for hydroxylation is 1. The van der Waals surface area contributed by atoms with Gasteiger partial charge in [0, 0.05) is 57.0 Å². The van der Waals surface area contributed by atoms with Gasteiger partial charge in [0.25, 0.3) is 0 Å². The van der Waals surface area contributed by atoms with Gasteiger partial charge in [-0.2, -0.15) is 0 Å². The first-order valence-corrected chi connectivity index (χ1v) is 8.05. The van der Waals surface area contributed by atoms with Crippen LogP contribution in [0, 0.1) is 0 Å². The fourth-order valence-corrected chi connectivity index (χ4v) is 3.64. The highest BCUT2D eigenvalue weighted by atomic mass is 35.5. The molecule has 2 aromatic rings. The molecule has 0 atom stereocenters. The third kappa shape index (κ3) is 3.41. The third-order valence-electron chi connectivity index (χ3n) is 3.76. The Morgan fingerprint density at radius 2 is 1.85 bits per heavy atom. The highest BCUT2D eigenvalue weighted by Gasteiger charge is 2.18. The van der Waals surface area contributed by atoms with E-state index in [1.54, 1.807) is 11.3 Å². The minimum atomic E-state index is 0.883. The summed E-state index contributed by atoms with van der Waals surface area (Å²) < 4.78 is 2.98. The Morgan fingerprint density at radius 3 is 2.40 bits per heavy atom. The predicted molar refractivity (Wildman–Crippen MR) is 83.1 cm³/mol. The molecule has 0 saturated carbocycles. The Labute approximate surface area is 128 Å². The largest absolute Gasteiger partial charge is 0.337 e. The van der Waals surface area contributed by atoms with Gasteiger partial charge in [-0.05, 0) is 12.1 Å². The number of nitrogens with zero attached hydrogens (tertiary/aromatic N) is 4. The quantitative estimate of drug-likeness (QED) is 0.867. The van der Waals surface area contributed by atoms with Crippen molar-refractivity contribution < 1.29 is 0 Å². The number of halogens is 1. The Kier molecular flexibility index (Phi) is 4.41. The van der Waals surface area contributed by atoms with E-state index in [4.69, 9.17) is 11.6 Å². The van der Waals surface area contributed by atoms with E-state index >= 15 is 0 Å². The minimum absolute atomic E-state index is 0.883. The second-order valence-corrected chi connectivity index (χ2v) is 7.01. The molecule has 0 N–H and O–H groups in total. The van der Waals surface area contributed by atoms with Crippen LogP contribution in [0.2, 0.25) is 4.34 Å². The fraction of sp³-hybridized carbons (Fsp3) is 0.500. The first-order chi connectivity index (χ1) is 9.70. The maximum absolute atomic E-state index is 5.98. The van der Waals surface area contributed by atoms with Gasteiger partial charge >= 0.3 is 0 Å². The van der Waals surface area contributed by atoms with Crippen LogP contribution < -0.4 is 0 Å². The standard InChI is InChI=1S/C14H19ClN4S/c1-17-5-4-16-14(17)11-19-8-6-18(7-9-19)10-12-2-3-13(15)20-12/h2-5H,6-11H2,1H3. The van der Waals surface area contributed by atoms with Crippen LogP contribution in [0.3, 0.4) is 0 Å². The smallest absolute Gasteiger partial charge is 0.122 e. The van der Waals surface area contributed by atoms with E-state index in [-0.39, 0.29) is 0 Å². The summed E-state index contributed by atoms with van der Waals surface area (Å²) in [4.78, 5) is 10.7. The second kappa shape index (κ2) is 6.26. The van der Waals surface area contributed by atoms with Crippen LogP contribution in [0.15, 0.2) is 24.5 Å². The fourth-order valence-electron chi connectivity index (χ4n) is 2.51. The Morgan fingerprint density at radius 1 is 1.15 bits per heavy atom. The van der Waals surface area contributed by atoms with Crippen molar-refractivity contribution in [2.75, 3.05) is 26.2 Å². The Balaban J connectivity index is 1.48. The topological polar surface area (TPSA) is 24.3 Å². The van der Waals surface area contributed by atoms with Gasteiger partial charge in [0.05, 0.1) is 10.9 Å². The zero-order valence-corrected chi connectivity index (χ0v) is 13.2. The highest BCUT2D eigenvalue weighted by Crippen LogP contribution is 2.23. The maximum Gasteiger partial charge on any atom is 0.122 e. The molecule has 0 bridgehead atoms. The summed E-state index contributed by atoms with van der Waals surface area (Å²) in [5.41, 5.74) is 0. The van der Waals surface area contributed by atoms with Crippen molar-refractivity contribution in [2.24, 2.45) is 7.05 Å². The first kappa shape index (κ1) is 14.1. The molecule has 3 rings (SSSR count). The summed E-state index contributed by atoms with van der Waals surface area (Å²) in [5.74, 6) is 1.14. The summed E-state index contributed by atoms with van der Waals surface area (Å²) in [5, 5.41) is 0. The lowest BCUT2D eigenvalue weighted by molar-refractivity contribution is 0.120. The van der Waals surface area contributed by atoms with Gasteiger partial charge in [-0.15, -0.1) is 11.3 Å². The average Bonchev–Trinajstić information content (AvgIpc) is 3.02. The molecule has 0 radical (unpaired) electrons. The molecule has 4 nitrogen and oxygen atoms in total. The van der Waals surface area contributed by atoms with E-state index in [1.165, 1.54) is 4.88 Å². The van der Waals surface area contributed by atoms with Crippen LogP contribution in [0.1, 0.15) is 10.7 Å². The van der Waals surface area contributed by atoms with Crippen LogP contribution >= 0.6 is 22.9 Å². The van der Waals surface area contributed by atoms with Gasteiger partial charge in [-0.3, -0.25) is 9.80 Å². The number of rotatable bonds is 4. The molecule has 0 aromatic carbocycles. The zero-order chi connectivity index (χ0) is 13.9. The van der Waals surface area contributed by atoms with Crippen molar-refractivity contribution in [3.8, 4) is 0 Å². The van der Waals surface area contributed by atoms with Gasteiger partial charge in [0.1, 0.15) is 5.82 Å². The second-order valence-electron chi connectivity index (χ2n) is 5.21. The summed E-state index contributed by atoms with van der Waals surface area (Å²) in [6.07, 6.45) is 3.87. The van der Waals surface area contributed by atoms with E-state index < -0.39 is 0 Å². The Hall–Kier alpha value is -0.880. The normalized spacial score (nSPS) is 17.7. The van der Waals surface area contributed by atoms with Gasteiger partial charge in [-0.1, -0.05) is 11.6 Å². The summed E-state index contributed by atoms with van der Waals surface area (Å²) in [6, 6.07) is 4.12. The molecule has 1 aliphatic rings. The number of hydrogen-bond donors (Lipinski definition) is 0. The van der Waals surface area contributed by atoms with E-state index in [2.05, 4.69) is 32.5 Å². The molecule has 6 heteroatoms.